The van der Waals surface area contributed by atoms with Crippen molar-refractivity contribution in [2.24, 2.45) is 0 Å². The summed E-state index contributed by atoms with van der Waals surface area (Å²) in [5, 5.41) is 52.1. The average molecular weight is 1010 g/mol. The van der Waals surface area contributed by atoms with Crippen molar-refractivity contribution in [3.05, 3.63) is 114 Å². The molecule has 0 saturated carbocycles. The van der Waals surface area contributed by atoms with Gasteiger partial charge in [0.25, 0.3) is 0 Å². The Hall–Kier alpha value is -1.78. The predicted octanol–water partition coefficient (Wildman–Crippen LogP) is 7.27. The van der Waals surface area contributed by atoms with Crippen molar-refractivity contribution in [1.29, 1.82) is 0 Å². The second-order valence-electron chi connectivity index (χ2n) is 14.9. The van der Waals surface area contributed by atoms with Crippen LogP contribution in [-0.4, -0.2) is 172 Å². The van der Waals surface area contributed by atoms with Gasteiger partial charge in [0.1, 0.15) is 0 Å². The number of carboxylic acid groups (broad SMARTS) is 2. The first kappa shape index (κ1) is 52.6. The fraction of sp³-hybridized carbons (Fsp3) is 0.667. The standard InChI is InChI=1S/4C7H13N3.2C7H6O2.2Pd/c4*1-3-8-7-9-4-2-6-10(7)5-1;2*8-7(9)6-4-2-1-3-5-6;;/h4*7H,1-6H2;2*1-5H,(H,8,9);;/q4*-2;;;;. The largest absolute Gasteiger partial charge is 0.666 e. The van der Waals surface area contributed by atoms with Crippen LogP contribution in [0.2, 0.25) is 0 Å². The Balaban J connectivity index is 0.000000191. The molecule has 16 nitrogen and oxygen atoms in total. The number of nitrogens with zero attached hydrogens (tertiary/aromatic N) is 12. The van der Waals surface area contributed by atoms with Gasteiger partial charge in [-0.05, 0) is 76.6 Å². The third kappa shape index (κ3) is 19.3. The first-order valence-corrected chi connectivity index (χ1v) is 21.3. The van der Waals surface area contributed by atoms with Crippen molar-refractivity contribution in [2.75, 3.05) is 105 Å². The molecular weight excluding hydrogens is 949 g/mol. The summed E-state index contributed by atoms with van der Waals surface area (Å²) in [6.45, 7) is 17.8. The Kier molecular flexibility index (Phi) is 27.3. The van der Waals surface area contributed by atoms with Gasteiger partial charge in [0.2, 0.25) is 0 Å². The minimum atomic E-state index is -0.879. The maximum absolute atomic E-state index is 10.2. The summed E-state index contributed by atoms with van der Waals surface area (Å²) in [4.78, 5) is 29.9. The third-order valence-corrected chi connectivity index (χ3v) is 10.5. The van der Waals surface area contributed by atoms with Gasteiger partial charge in [0.15, 0.2) is 0 Å². The fourth-order valence-corrected chi connectivity index (χ4v) is 7.53. The van der Waals surface area contributed by atoms with E-state index in [9.17, 15) is 9.59 Å². The van der Waals surface area contributed by atoms with Gasteiger partial charge < -0.3 is 72.3 Å². The summed E-state index contributed by atoms with van der Waals surface area (Å²) < 4.78 is 0. The minimum Gasteiger partial charge on any atom is -0.666 e. The van der Waals surface area contributed by atoms with E-state index in [2.05, 4.69) is 62.1 Å². The van der Waals surface area contributed by atoms with E-state index >= 15 is 0 Å². The molecule has 2 aromatic rings. The van der Waals surface area contributed by atoms with E-state index in [0.29, 0.717) is 11.1 Å². The molecule has 8 aliphatic rings. The summed E-state index contributed by atoms with van der Waals surface area (Å²) in [7, 11) is 0. The molecule has 8 heterocycles. The number of hydrogen-bond acceptors (Lipinski definition) is 6. The van der Waals surface area contributed by atoms with Crippen LogP contribution in [-0.2, 0) is 40.8 Å². The summed E-state index contributed by atoms with van der Waals surface area (Å²) in [6.07, 6.45) is 10.8. The molecule has 0 unspecified atom stereocenters. The molecule has 2 N–H and O–H groups in total. The summed E-state index contributed by atoms with van der Waals surface area (Å²) >= 11 is 0. The van der Waals surface area contributed by atoms with Gasteiger partial charge in [0.05, 0.1) is 11.1 Å². The van der Waals surface area contributed by atoms with Gasteiger partial charge in [-0.2, -0.15) is 25.2 Å². The molecule has 0 bridgehead atoms. The van der Waals surface area contributed by atoms with E-state index < -0.39 is 11.9 Å². The van der Waals surface area contributed by atoms with Crippen molar-refractivity contribution in [2.45, 2.75) is 76.5 Å². The van der Waals surface area contributed by atoms with Crippen LogP contribution in [0.15, 0.2) is 60.7 Å². The SMILES string of the molecule is C1C[N-]C2[N-]CCCN2C1.C1C[N-]C2[N-]CCCN2C1.C1C[N-]C2[N-]CCCN2C1.C1C[N-]C2[N-]CCCN2C1.O=C(O)c1ccccc1.O=C(O)c1ccccc1.[Pd].[Pd]. The van der Waals surface area contributed by atoms with Crippen molar-refractivity contribution >= 4 is 11.9 Å². The van der Waals surface area contributed by atoms with Crippen LogP contribution in [0.25, 0.3) is 42.5 Å². The van der Waals surface area contributed by atoms with E-state index in [0.717, 1.165) is 52.4 Å². The molecule has 0 radical (unpaired) electrons. The summed E-state index contributed by atoms with van der Waals surface area (Å²) in [6, 6.07) is 16.6. The topological polar surface area (TPSA) is 200 Å². The molecule has 18 heteroatoms. The Labute approximate surface area is 385 Å². The zero-order valence-corrected chi connectivity index (χ0v) is 37.9. The van der Waals surface area contributed by atoms with Crippen LogP contribution in [0.3, 0.4) is 0 Å². The molecule has 0 atom stereocenters. The molecule has 0 amide bonds. The smallest absolute Gasteiger partial charge is 0.335 e. The molecule has 8 saturated heterocycles. The number of carboxylic acids is 2. The van der Waals surface area contributed by atoms with Gasteiger partial charge in [0, 0.05) is 40.8 Å². The predicted molar refractivity (Wildman–Crippen MR) is 231 cm³/mol. The Morgan fingerprint density at radius 3 is 0.683 bits per heavy atom. The maximum Gasteiger partial charge on any atom is 0.335 e. The van der Waals surface area contributed by atoms with Crippen molar-refractivity contribution in [3.8, 4) is 0 Å². The number of carbonyl (C=O) groups is 2. The number of aromatic carboxylic acids is 2. The Bertz CT molecular complexity index is 1160. The van der Waals surface area contributed by atoms with E-state index in [4.69, 9.17) is 10.2 Å². The van der Waals surface area contributed by atoms with E-state index in [-0.39, 0.29) is 66.0 Å². The molecule has 10 rings (SSSR count). The fourth-order valence-electron chi connectivity index (χ4n) is 7.53. The molecule has 8 aliphatic heterocycles. The Morgan fingerprint density at radius 2 is 0.550 bits per heavy atom. The van der Waals surface area contributed by atoms with Crippen LogP contribution in [0.4, 0.5) is 0 Å². The number of fused-ring (bicyclic) bond motifs is 4. The van der Waals surface area contributed by atoms with Crippen LogP contribution in [0.1, 0.15) is 72.1 Å². The number of rotatable bonds is 2. The second-order valence-corrected chi connectivity index (χ2v) is 14.9. The van der Waals surface area contributed by atoms with Crippen LogP contribution >= 0.6 is 0 Å². The maximum atomic E-state index is 10.2. The van der Waals surface area contributed by atoms with E-state index in [1.54, 1.807) is 60.7 Å². The molecule has 344 valence electrons. The van der Waals surface area contributed by atoms with Gasteiger partial charge in [-0.1, -0.05) is 87.8 Å². The Morgan fingerprint density at radius 1 is 0.367 bits per heavy atom. The zero-order valence-electron chi connectivity index (χ0n) is 34.8. The van der Waals surface area contributed by atoms with Gasteiger partial charge in [-0.3, -0.25) is 0 Å². The first-order chi connectivity index (χ1) is 28.5. The molecule has 0 aromatic heterocycles. The minimum absolute atomic E-state index is 0. The first-order valence-electron chi connectivity index (χ1n) is 21.3. The zero-order chi connectivity index (χ0) is 40.6. The third-order valence-electron chi connectivity index (χ3n) is 10.5. The van der Waals surface area contributed by atoms with Crippen LogP contribution in [0.5, 0.6) is 0 Å². The second kappa shape index (κ2) is 31.1. The molecule has 8 fully saturated rings. The van der Waals surface area contributed by atoms with Crippen molar-refractivity contribution < 1.29 is 60.6 Å². The molecule has 0 spiro atoms. The van der Waals surface area contributed by atoms with E-state index in [1.807, 2.05) is 0 Å². The molecule has 2 aromatic carbocycles. The number of benzene rings is 2. The van der Waals surface area contributed by atoms with Crippen molar-refractivity contribution in [1.82, 2.24) is 19.6 Å². The molecular formula is C42H64N12O4Pd2-8. The number of hydrogen-bond donors (Lipinski definition) is 2. The van der Waals surface area contributed by atoms with Crippen LogP contribution in [0, 0.1) is 0 Å². The van der Waals surface area contributed by atoms with Crippen LogP contribution < -0.4 is 0 Å². The monoisotopic (exact) mass is 1010 g/mol. The molecule has 60 heavy (non-hydrogen) atoms. The molecule has 0 aliphatic carbocycles. The van der Waals surface area contributed by atoms with Crippen molar-refractivity contribution in [3.63, 3.8) is 0 Å². The summed E-state index contributed by atoms with van der Waals surface area (Å²) in [5.74, 6) is -1.76. The summed E-state index contributed by atoms with van der Waals surface area (Å²) in [5.41, 5.74) is 0.662. The van der Waals surface area contributed by atoms with Gasteiger partial charge in [-0.15, -0.1) is 52.4 Å². The van der Waals surface area contributed by atoms with Gasteiger partial charge in [-0.25, -0.2) is 9.59 Å². The normalized spacial score (nSPS) is 22.7. The quantitative estimate of drug-likeness (QED) is 0.293. The van der Waals surface area contributed by atoms with Gasteiger partial charge >= 0.3 is 11.9 Å². The average Bonchev–Trinajstić information content (AvgIpc) is 3.31. The van der Waals surface area contributed by atoms with E-state index in [1.165, 1.54) is 104 Å².